The summed E-state index contributed by atoms with van der Waals surface area (Å²) in [7, 11) is 0. The quantitative estimate of drug-likeness (QED) is 0.675. The fourth-order valence-electron chi connectivity index (χ4n) is 2.32. The summed E-state index contributed by atoms with van der Waals surface area (Å²) in [5, 5.41) is 9.90. The van der Waals surface area contributed by atoms with E-state index in [9.17, 15) is 4.79 Å². The van der Waals surface area contributed by atoms with Crippen molar-refractivity contribution >= 4 is 34.0 Å². The van der Waals surface area contributed by atoms with Crippen molar-refractivity contribution in [1.29, 1.82) is 0 Å². The van der Waals surface area contributed by atoms with E-state index in [0.717, 1.165) is 33.7 Å². The molecule has 0 fully saturated rings. The van der Waals surface area contributed by atoms with Crippen LogP contribution in [0.2, 0.25) is 0 Å². The van der Waals surface area contributed by atoms with E-state index in [4.69, 9.17) is 0 Å². The van der Waals surface area contributed by atoms with Crippen LogP contribution in [0.1, 0.15) is 30.1 Å². The number of thiazole rings is 1. The summed E-state index contributed by atoms with van der Waals surface area (Å²) in [6.07, 6.45) is 2.68. The lowest BCUT2D eigenvalue weighted by Crippen LogP contribution is -2.32. The van der Waals surface area contributed by atoms with E-state index in [1.165, 1.54) is 0 Å². The molecule has 0 aliphatic rings. The lowest BCUT2D eigenvalue weighted by atomic mass is 10.2. The van der Waals surface area contributed by atoms with Gasteiger partial charge in [0.05, 0.1) is 6.04 Å². The monoisotopic (exact) mass is 314 g/mol. The van der Waals surface area contributed by atoms with Gasteiger partial charge in [0.1, 0.15) is 5.01 Å². The van der Waals surface area contributed by atoms with Crippen LogP contribution in [0.5, 0.6) is 0 Å². The first-order valence-electron chi connectivity index (χ1n) is 7.22. The second kappa shape index (κ2) is 6.19. The highest BCUT2D eigenvalue weighted by atomic mass is 32.1. The maximum Gasteiger partial charge on any atom is 0.319 e. The minimum Gasteiger partial charge on any atom is -0.361 e. The molecule has 0 radical (unpaired) electrons. The molecule has 1 aromatic carbocycles. The summed E-state index contributed by atoms with van der Waals surface area (Å²) in [6.45, 7) is 3.99. The molecule has 1 atom stereocenters. The fourth-order valence-corrected chi connectivity index (χ4v) is 3.25. The molecule has 0 bridgehead atoms. The molecule has 2 aromatic heterocycles. The molecule has 3 aromatic rings. The lowest BCUT2D eigenvalue weighted by molar-refractivity contribution is 0.248. The number of amides is 2. The molecule has 0 saturated carbocycles. The molecule has 3 rings (SSSR count). The van der Waals surface area contributed by atoms with Gasteiger partial charge in [0.25, 0.3) is 0 Å². The van der Waals surface area contributed by atoms with Gasteiger partial charge < -0.3 is 15.6 Å². The molecule has 22 heavy (non-hydrogen) atoms. The summed E-state index contributed by atoms with van der Waals surface area (Å²) in [5.74, 6) is 0. The first kappa shape index (κ1) is 14.6. The molecule has 5 nitrogen and oxygen atoms in total. The van der Waals surface area contributed by atoms with Gasteiger partial charge in [-0.25, -0.2) is 9.78 Å². The molecule has 0 saturated heterocycles. The molecular weight excluding hydrogens is 296 g/mol. The normalized spacial score (nSPS) is 12.3. The largest absolute Gasteiger partial charge is 0.361 e. The van der Waals surface area contributed by atoms with Crippen LogP contribution in [-0.2, 0) is 0 Å². The minimum absolute atomic E-state index is 0.0621. The number of aromatic amines is 1. The van der Waals surface area contributed by atoms with E-state index in [2.05, 4.69) is 20.6 Å². The predicted octanol–water partition coefficient (Wildman–Crippen LogP) is 4.21. The number of aryl methyl sites for hydroxylation is 1. The highest BCUT2D eigenvalue weighted by molar-refractivity contribution is 7.09. The third-order valence-electron chi connectivity index (χ3n) is 3.46. The average Bonchev–Trinajstić information content (AvgIpc) is 3.13. The van der Waals surface area contributed by atoms with Crippen LogP contribution in [0.4, 0.5) is 10.5 Å². The SMILES string of the molecule is CCC(NC(=O)Nc1ccc2cc[nH]c2c1)c1nc(C)cs1. The van der Waals surface area contributed by atoms with E-state index in [1.54, 1.807) is 11.3 Å². The molecule has 2 heterocycles. The number of benzene rings is 1. The fraction of sp³-hybridized carbons (Fsp3) is 0.250. The Bertz CT molecular complexity index is 792. The molecule has 6 heteroatoms. The molecular formula is C16H18N4OS. The number of urea groups is 1. The highest BCUT2D eigenvalue weighted by Crippen LogP contribution is 2.21. The Morgan fingerprint density at radius 1 is 1.41 bits per heavy atom. The number of carbonyl (C=O) groups is 1. The van der Waals surface area contributed by atoms with Crippen LogP contribution in [0, 0.1) is 6.92 Å². The molecule has 3 N–H and O–H groups in total. The van der Waals surface area contributed by atoms with Crippen LogP contribution in [-0.4, -0.2) is 16.0 Å². The topological polar surface area (TPSA) is 69.8 Å². The molecule has 114 valence electrons. The van der Waals surface area contributed by atoms with Crippen LogP contribution >= 0.6 is 11.3 Å². The van der Waals surface area contributed by atoms with E-state index in [1.807, 2.05) is 49.7 Å². The number of hydrogen-bond donors (Lipinski definition) is 3. The number of nitrogens with zero attached hydrogens (tertiary/aromatic N) is 1. The van der Waals surface area contributed by atoms with Crippen molar-refractivity contribution in [2.45, 2.75) is 26.3 Å². The Morgan fingerprint density at radius 3 is 3.00 bits per heavy atom. The van der Waals surface area contributed by atoms with Crippen molar-refractivity contribution in [2.75, 3.05) is 5.32 Å². The Kier molecular flexibility index (Phi) is 4.11. The number of fused-ring (bicyclic) bond motifs is 1. The van der Waals surface area contributed by atoms with Crippen LogP contribution < -0.4 is 10.6 Å². The van der Waals surface area contributed by atoms with E-state index in [-0.39, 0.29) is 12.1 Å². The zero-order valence-corrected chi connectivity index (χ0v) is 13.3. The Morgan fingerprint density at radius 2 is 2.27 bits per heavy atom. The third kappa shape index (κ3) is 3.12. The zero-order valence-electron chi connectivity index (χ0n) is 12.5. The van der Waals surface area contributed by atoms with Crippen molar-refractivity contribution in [3.8, 4) is 0 Å². The first-order valence-corrected chi connectivity index (χ1v) is 8.10. The van der Waals surface area contributed by atoms with Gasteiger partial charge in [0.2, 0.25) is 0 Å². The molecule has 0 aliphatic carbocycles. The van der Waals surface area contributed by atoms with Gasteiger partial charge in [-0.05, 0) is 36.9 Å². The Hall–Kier alpha value is -2.34. The van der Waals surface area contributed by atoms with Gasteiger partial charge in [0, 0.05) is 28.5 Å². The third-order valence-corrected chi connectivity index (χ3v) is 4.54. The number of carbonyl (C=O) groups excluding carboxylic acids is 1. The predicted molar refractivity (Wildman–Crippen MR) is 90.3 cm³/mol. The molecule has 2 amide bonds. The van der Waals surface area contributed by atoms with Crippen molar-refractivity contribution in [3.05, 3.63) is 46.5 Å². The number of rotatable bonds is 4. The number of aromatic nitrogens is 2. The minimum atomic E-state index is -0.217. The summed E-state index contributed by atoms with van der Waals surface area (Å²) >= 11 is 1.57. The van der Waals surface area contributed by atoms with Gasteiger partial charge in [-0.3, -0.25) is 0 Å². The lowest BCUT2D eigenvalue weighted by Gasteiger charge is -2.15. The molecule has 0 spiro atoms. The van der Waals surface area contributed by atoms with Crippen molar-refractivity contribution in [1.82, 2.24) is 15.3 Å². The van der Waals surface area contributed by atoms with Crippen LogP contribution in [0.25, 0.3) is 10.9 Å². The van der Waals surface area contributed by atoms with Gasteiger partial charge >= 0.3 is 6.03 Å². The van der Waals surface area contributed by atoms with Gasteiger partial charge in [-0.1, -0.05) is 13.0 Å². The van der Waals surface area contributed by atoms with Crippen LogP contribution in [0.15, 0.2) is 35.8 Å². The number of anilines is 1. The van der Waals surface area contributed by atoms with Crippen molar-refractivity contribution in [3.63, 3.8) is 0 Å². The van der Waals surface area contributed by atoms with Gasteiger partial charge in [-0.2, -0.15) is 0 Å². The van der Waals surface area contributed by atoms with E-state index < -0.39 is 0 Å². The van der Waals surface area contributed by atoms with Crippen molar-refractivity contribution < 1.29 is 4.79 Å². The first-order chi connectivity index (χ1) is 10.7. The highest BCUT2D eigenvalue weighted by Gasteiger charge is 2.15. The van der Waals surface area contributed by atoms with Gasteiger partial charge in [-0.15, -0.1) is 11.3 Å². The van der Waals surface area contributed by atoms with E-state index in [0.29, 0.717) is 0 Å². The standard InChI is InChI=1S/C16H18N4OS/c1-3-13(15-18-10(2)9-22-15)20-16(21)19-12-5-4-11-6-7-17-14(11)8-12/h4-9,13,17H,3H2,1-2H3,(H2,19,20,21). The Balaban J connectivity index is 1.68. The maximum absolute atomic E-state index is 12.2. The molecule has 0 aliphatic heterocycles. The second-order valence-corrected chi connectivity index (χ2v) is 6.06. The summed E-state index contributed by atoms with van der Waals surface area (Å²) in [6, 6.07) is 7.51. The Labute approximate surface area is 132 Å². The summed E-state index contributed by atoms with van der Waals surface area (Å²) in [4.78, 5) is 19.8. The number of H-pyrrole nitrogens is 1. The maximum atomic E-state index is 12.2. The average molecular weight is 314 g/mol. The summed E-state index contributed by atoms with van der Waals surface area (Å²) in [5.41, 5.74) is 2.75. The van der Waals surface area contributed by atoms with Crippen molar-refractivity contribution in [2.24, 2.45) is 0 Å². The summed E-state index contributed by atoms with van der Waals surface area (Å²) < 4.78 is 0. The zero-order chi connectivity index (χ0) is 15.5. The van der Waals surface area contributed by atoms with Gasteiger partial charge in [0.15, 0.2) is 0 Å². The van der Waals surface area contributed by atoms with Crippen LogP contribution in [0.3, 0.4) is 0 Å². The number of hydrogen-bond acceptors (Lipinski definition) is 3. The number of nitrogens with one attached hydrogen (secondary N) is 3. The van der Waals surface area contributed by atoms with E-state index >= 15 is 0 Å². The second-order valence-electron chi connectivity index (χ2n) is 5.17. The molecule has 1 unspecified atom stereocenters. The smallest absolute Gasteiger partial charge is 0.319 e.